The second-order valence-corrected chi connectivity index (χ2v) is 10.9. The van der Waals surface area contributed by atoms with Crippen LogP contribution in [0.2, 0.25) is 0 Å². The molecule has 0 spiro atoms. The van der Waals surface area contributed by atoms with Gasteiger partial charge in [-0.1, -0.05) is 37.0 Å². The molecule has 6 atom stereocenters. The summed E-state index contributed by atoms with van der Waals surface area (Å²) in [7, 11) is -4.60. The van der Waals surface area contributed by atoms with Crippen LogP contribution in [-0.4, -0.2) is 69.1 Å². The quantitative estimate of drug-likeness (QED) is 0.208. The Kier molecular flexibility index (Phi) is 8.85. The van der Waals surface area contributed by atoms with E-state index in [9.17, 15) is 28.4 Å². The summed E-state index contributed by atoms with van der Waals surface area (Å²) in [5, 5.41) is 14.7. The number of carbonyl (C=O) groups is 1. The Morgan fingerprint density at radius 1 is 1.38 bits per heavy atom. The number of hydrogen-bond donors (Lipinski definition) is 3. The SMILES string of the molecule is [2H]C([2H])(O[P@@](=O)(C[C@@H](C)C(=O)OC(C)C)Oc1ccccc1)[C@H]1O[C@@H](n2ncc(=O)[nH]c2=O)C(N)(C#CCF)[C@H]1O. The number of hydrogen-bond acceptors (Lipinski definition) is 11. The highest BCUT2D eigenvalue weighted by atomic mass is 31.2. The number of nitrogens with zero attached hydrogens (tertiary/aromatic N) is 2. The molecule has 4 N–H and O–H groups in total. The molecule has 15 heteroatoms. The molecule has 1 aliphatic rings. The molecule has 39 heavy (non-hydrogen) atoms. The monoisotopic (exact) mass is 570 g/mol. The van der Waals surface area contributed by atoms with Gasteiger partial charge in [0, 0.05) is 0 Å². The zero-order valence-corrected chi connectivity index (χ0v) is 22.2. The van der Waals surface area contributed by atoms with Crippen LogP contribution in [0.15, 0.2) is 46.1 Å². The lowest BCUT2D eigenvalue weighted by molar-refractivity contribution is -0.151. The van der Waals surface area contributed by atoms with Gasteiger partial charge in [-0.3, -0.25) is 19.1 Å². The fourth-order valence-corrected chi connectivity index (χ4v) is 5.27. The Balaban J connectivity index is 2.01. The van der Waals surface area contributed by atoms with Crippen LogP contribution in [0.1, 0.15) is 29.7 Å². The second kappa shape index (κ2) is 12.7. The minimum absolute atomic E-state index is 0.0211. The Morgan fingerprint density at radius 2 is 2.08 bits per heavy atom. The molecule has 0 aliphatic carbocycles. The summed E-state index contributed by atoms with van der Waals surface area (Å²) in [6.07, 6.45) is -6.54. The first-order valence-corrected chi connectivity index (χ1v) is 13.5. The van der Waals surface area contributed by atoms with Gasteiger partial charge in [-0.05, 0) is 26.0 Å². The van der Waals surface area contributed by atoms with Crippen LogP contribution in [0.5, 0.6) is 5.75 Å². The zero-order valence-electron chi connectivity index (χ0n) is 23.3. The molecule has 0 bridgehead atoms. The summed E-state index contributed by atoms with van der Waals surface area (Å²) in [5.74, 6) is 2.42. The minimum atomic E-state index is -4.60. The average molecular weight is 571 g/mol. The van der Waals surface area contributed by atoms with Crippen LogP contribution in [0.3, 0.4) is 0 Å². The van der Waals surface area contributed by atoms with Crippen LogP contribution in [0, 0.1) is 17.8 Å². The Morgan fingerprint density at radius 3 is 2.69 bits per heavy atom. The van der Waals surface area contributed by atoms with E-state index < -0.39 is 80.2 Å². The van der Waals surface area contributed by atoms with E-state index in [0.717, 1.165) is 0 Å². The minimum Gasteiger partial charge on any atom is -0.463 e. The number of nitrogens with two attached hydrogens (primary N) is 1. The van der Waals surface area contributed by atoms with Crippen molar-refractivity contribution in [1.82, 2.24) is 14.8 Å². The first-order chi connectivity index (χ1) is 19.1. The molecule has 13 nitrogen and oxygen atoms in total. The van der Waals surface area contributed by atoms with Gasteiger partial charge in [0.2, 0.25) is 0 Å². The predicted octanol–water partition coefficient (Wildman–Crippen LogP) is 0.737. The summed E-state index contributed by atoms with van der Waals surface area (Å²) in [6, 6.07) is 7.60. The Labute approximate surface area is 225 Å². The number of H-pyrrole nitrogens is 1. The fraction of sp³-hybridized carbons (Fsp3) is 0.500. The van der Waals surface area contributed by atoms with Crippen molar-refractivity contribution in [1.29, 1.82) is 0 Å². The van der Waals surface area contributed by atoms with Crippen molar-refractivity contribution >= 4 is 13.6 Å². The standard InChI is InChI=1S/C24H30FN4O9P/c1-15(2)36-21(32)16(3)14-39(34,38-17-8-5-4-6-9-17)35-13-18-20(31)24(26,10-7-11-25)22(37-18)29-23(33)28-19(30)12-27-29/h4-6,8-9,12,15-16,18,20,22,31H,11,13-14,26H2,1-3H3,(H,28,30,33)/t16-,18-,20+,22-,24?,39+/m1/s1/i13D2. The molecule has 3 rings (SSSR count). The van der Waals surface area contributed by atoms with Crippen molar-refractivity contribution in [2.45, 2.75) is 50.8 Å². The molecule has 2 aromatic rings. The lowest BCUT2D eigenvalue weighted by Crippen LogP contribution is -2.55. The van der Waals surface area contributed by atoms with E-state index in [1.807, 2.05) is 10.9 Å². The molecular formula is C24H30FN4O9P. The summed E-state index contributed by atoms with van der Waals surface area (Å²) in [6.45, 7) is 0.205. The predicted molar refractivity (Wildman–Crippen MR) is 136 cm³/mol. The molecule has 1 fully saturated rings. The lowest BCUT2D eigenvalue weighted by atomic mass is 9.92. The first kappa shape index (κ1) is 27.2. The number of nitrogens with one attached hydrogen (secondary N) is 1. The molecule has 0 saturated carbocycles. The number of alkyl halides is 1. The first-order valence-electron chi connectivity index (χ1n) is 12.7. The van der Waals surface area contributed by atoms with Gasteiger partial charge in [0.1, 0.15) is 30.8 Å². The third-order valence-electron chi connectivity index (χ3n) is 5.34. The lowest BCUT2D eigenvalue weighted by Gasteiger charge is -2.27. The Bertz CT molecular complexity index is 1460. The fourth-order valence-electron chi connectivity index (χ4n) is 3.55. The van der Waals surface area contributed by atoms with Crippen molar-refractivity contribution in [3.05, 3.63) is 57.4 Å². The van der Waals surface area contributed by atoms with Gasteiger partial charge in [-0.2, -0.15) is 9.78 Å². The zero-order chi connectivity index (χ0) is 30.6. The summed E-state index contributed by atoms with van der Waals surface area (Å²) in [5.41, 5.74) is 1.84. The normalized spacial score (nSPS) is 26.0. The van der Waals surface area contributed by atoms with Gasteiger partial charge < -0.3 is 24.8 Å². The summed E-state index contributed by atoms with van der Waals surface area (Å²) in [4.78, 5) is 38.3. The maximum Gasteiger partial charge on any atom is 0.380 e. The highest BCUT2D eigenvalue weighted by Crippen LogP contribution is 2.51. The van der Waals surface area contributed by atoms with Gasteiger partial charge in [0.25, 0.3) is 5.56 Å². The molecule has 1 aromatic carbocycles. The highest BCUT2D eigenvalue weighted by molar-refractivity contribution is 7.54. The van der Waals surface area contributed by atoms with Crippen LogP contribution >= 0.6 is 7.60 Å². The molecule has 1 aliphatic heterocycles. The number of halogens is 1. The van der Waals surface area contributed by atoms with Crippen molar-refractivity contribution in [2.24, 2.45) is 11.7 Å². The largest absolute Gasteiger partial charge is 0.463 e. The second-order valence-electron chi connectivity index (χ2n) is 8.90. The van der Waals surface area contributed by atoms with Crippen LogP contribution in [-0.2, 0) is 23.4 Å². The maximum absolute atomic E-state index is 14.0. The topological polar surface area (TPSA) is 185 Å². The summed E-state index contributed by atoms with van der Waals surface area (Å²) >= 11 is 0. The summed E-state index contributed by atoms with van der Waals surface area (Å²) < 4.78 is 66.2. The van der Waals surface area contributed by atoms with E-state index in [1.165, 1.54) is 19.1 Å². The number of ether oxygens (including phenoxy) is 2. The van der Waals surface area contributed by atoms with E-state index in [1.54, 1.807) is 32.0 Å². The van der Waals surface area contributed by atoms with Gasteiger partial charge in [0.15, 0.2) is 11.8 Å². The number of rotatable bonds is 10. The van der Waals surface area contributed by atoms with Crippen LogP contribution in [0.4, 0.5) is 4.39 Å². The molecular weight excluding hydrogens is 538 g/mol. The number of aliphatic hydroxyl groups is 1. The molecule has 0 amide bonds. The Hall–Kier alpha value is -3.34. The van der Waals surface area contributed by atoms with E-state index in [2.05, 4.69) is 11.0 Å². The smallest absolute Gasteiger partial charge is 0.380 e. The average Bonchev–Trinajstić information content (AvgIpc) is 3.13. The van der Waals surface area contributed by atoms with Gasteiger partial charge in [0.05, 0.1) is 27.5 Å². The van der Waals surface area contributed by atoms with E-state index in [0.29, 0.717) is 10.9 Å². The van der Waals surface area contributed by atoms with E-state index in [-0.39, 0.29) is 5.75 Å². The van der Waals surface area contributed by atoms with Crippen molar-refractivity contribution in [2.75, 3.05) is 19.4 Å². The maximum atomic E-state index is 14.0. The number of esters is 1. The van der Waals surface area contributed by atoms with E-state index >= 15 is 0 Å². The van der Waals surface area contributed by atoms with Crippen LogP contribution in [0.25, 0.3) is 0 Å². The molecule has 212 valence electrons. The van der Waals surface area contributed by atoms with Gasteiger partial charge in [-0.25, -0.2) is 13.8 Å². The molecule has 1 aromatic heterocycles. The number of carbonyl (C=O) groups excluding carboxylic acids is 1. The van der Waals surface area contributed by atoms with Gasteiger partial charge >= 0.3 is 19.3 Å². The molecule has 2 heterocycles. The third-order valence-corrected chi connectivity index (χ3v) is 7.21. The van der Waals surface area contributed by atoms with Crippen molar-refractivity contribution in [3.8, 4) is 17.6 Å². The number of aliphatic hydroxyl groups excluding tert-OH is 1. The number of aromatic amines is 1. The molecule has 1 unspecified atom stereocenters. The third kappa shape index (κ3) is 7.40. The number of aromatic nitrogens is 3. The number of para-hydroxylation sites is 1. The van der Waals surface area contributed by atoms with Gasteiger partial charge in [-0.15, -0.1) is 0 Å². The van der Waals surface area contributed by atoms with Crippen LogP contribution < -0.4 is 21.5 Å². The van der Waals surface area contributed by atoms with Crippen molar-refractivity contribution in [3.63, 3.8) is 0 Å². The van der Waals surface area contributed by atoms with Crippen molar-refractivity contribution < 1.29 is 40.1 Å². The molecule has 0 radical (unpaired) electrons. The highest BCUT2D eigenvalue weighted by Gasteiger charge is 2.55. The number of benzene rings is 1. The molecule has 1 saturated heterocycles. The van der Waals surface area contributed by atoms with E-state index in [4.69, 9.17) is 27.0 Å².